The molecule has 0 radical (unpaired) electrons. The molecule has 0 aliphatic heterocycles. The van der Waals surface area contributed by atoms with Gasteiger partial charge in [0.25, 0.3) is 0 Å². The van der Waals surface area contributed by atoms with Gasteiger partial charge in [-0.25, -0.2) is 0 Å². The zero-order valence-electron chi connectivity index (χ0n) is 8.70. The molecule has 0 heterocycles. The van der Waals surface area contributed by atoms with Crippen LogP contribution in [0.4, 0.5) is 5.69 Å². The Morgan fingerprint density at radius 3 is 2.87 bits per heavy atom. The van der Waals surface area contributed by atoms with E-state index in [9.17, 15) is 4.79 Å². The first-order valence-electron chi connectivity index (χ1n) is 5.03. The standard InChI is InChI=1S/C11H17N3O/c12-6-7-14-11(15)5-4-9-2-1-3-10(13)8-9/h1-3,8H,4-7,12-13H2,(H,14,15). The Kier molecular flexibility index (Phi) is 4.63. The summed E-state index contributed by atoms with van der Waals surface area (Å²) in [5.74, 6) is 0.0304. The molecule has 0 fully saturated rings. The maximum Gasteiger partial charge on any atom is 0.220 e. The van der Waals surface area contributed by atoms with Gasteiger partial charge in [-0.2, -0.15) is 0 Å². The maximum atomic E-state index is 11.3. The maximum absolute atomic E-state index is 11.3. The summed E-state index contributed by atoms with van der Waals surface area (Å²) >= 11 is 0. The smallest absolute Gasteiger partial charge is 0.220 e. The predicted octanol–water partition coefficient (Wildman–Crippen LogP) is 0.276. The van der Waals surface area contributed by atoms with Gasteiger partial charge in [0, 0.05) is 25.2 Å². The average Bonchev–Trinajstić information content (AvgIpc) is 2.23. The highest BCUT2D eigenvalue weighted by Crippen LogP contribution is 2.08. The SMILES string of the molecule is NCCNC(=O)CCc1cccc(N)c1. The van der Waals surface area contributed by atoms with Crippen molar-refractivity contribution in [3.63, 3.8) is 0 Å². The van der Waals surface area contributed by atoms with Gasteiger partial charge < -0.3 is 16.8 Å². The number of hydrogen-bond acceptors (Lipinski definition) is 3. The van der Waals surface area contributed by atoms with E-state index in [4.69, 9.17) is 11.5 Å². The zero-order valence-corrected chi connectivity index (χ0v) is 8.70. The Hall–Kier alpha value is -1.55. The monoisotopic (exact) mass is 207 g/mol. The van der Waals surface area contributed by atoms with Crippen LogP contribution in [0.1, 0.15) is 12.0 Å². The van der Waals surface area contributed by atoms with Gasteiger partial charge in [-0.05, 0) is 24.1 Å². The molecule has 0 aliphatic carbocycles. The van der Waals surface area contributed by atoms with E-state index in [1.807, 2.05) is 24.3 Å². The van der Waals surface area contributed by atoms with Crippen LogP contribution in [0.25, 0.3) is 0 Å². The number of nitrogens with two attached hydrogens (primary N) is 2. The molecule has 1 aromatic carbocycles. The first kappa shape index (κ1) is 11.5. The predicted molar refractivity (Wildman–Crippen MR) is 61.2 cm³/mol. The summed E-state index contributed by atoms with van der Waals surface area (Å²) in [5.41, 5.74) is 12.7. The van der Waals surface area contributed by atoms with Gasteiger partial charge in [-0.3, -0.25) is 4.79 Å². The van der Waals surface area contributed by atoms with Crippen LogP contribution in [0.5, 0.6) is 0 Å². The average molecular weight is 207 g/mol. The minimum atomic E-state index is 0.0304. The second kappa shape index (κ2) is 6.03. The number of carbonyl (C=O) groups excluding carboxylic acids is 1. The van der Waals surface area contributed by atoms with Crippen molar-refractivity contribution in [2.45, 2.75) is 12.8 Å². The fourth-order valence-corrected chi connectivity index (χ4v) is 1.31. The van der Waals surface area contributed by atoms with Crippen LogP contribution in [0.15, 0.2) is 24.3 Å². The van der Waals surface area contributed by atoms with E-state index in [0.717, 1.165) is 11.3 Å². The summed E-state index contributed by atoms with van der Waals surface area (Å²) in [6.07, 6.45) is 1.19. The highest BCUT2D eigenvalue weighted by molar-refractivity contribution is 5.76. The van der Waals surface area contributed by atoms with Crippen LogP contribution in [0, 0.1) is 0 Å². The summed E-state index contributed by atoms with van der Waals surface area (Å²) in [5, 5.41) is 2.72. The fraction of sp³-hybridized carbons (Fsp3) is 0.364. The van der Waals surface area contributed by atoms with Crippen LogP contribution in [0.2, 0.25) is 0 Å². The summed E-state index contributed by atoms with van der Waals surface area (Å²) < 4.78 is 0. The van der Waals surface area contributed by atoms with E-state index in [-0.39, 0.29) is 5.91 Å². The molecule has 15 heavy (non-hydrogen) atoms. The van der Waals surface area contributed by atoms with E-state index in [1.165, 1.54) is 0 Å². The summed E-state index contributed by atoms with van der Waals surface area (Å²) in [6, 6.07) is 7.57. The molecule has 0 atom stereocenters. The van der Waals surface area contributed by atoms with Gasteiger partial charge >= 0.3 is 0 Å². The molecule has 0 saturated heterocycles. The lowest BCUT2D eigenvalue weighted by Gasteiger charge is -2.04. The molecule has 0 aliphatic rings. The van der Waals surface area contributed by atoms with Crippen LogP contribution < -0.4 is 16.8 Å². The van der Waals surface area contributed by atoms with Gasteiger partial charge in [-0.15, -0.1) is 0 Å². The van der Waals surface area contributed by atoms with Crippen molar-refractivity contribution >= 4 is 11.6 Å². The molecule has 0 aromatic heterocycles. The Labute approximate surface area is 89.6 Å². The third kappa shape index (κ3) is 4.46. The Morgan fingerprint density at radius 1 is 1.40 bits per heavy atom. The number of aryl methyl sites for hydroxylation is 1. The number of nitrogen functional groups attached to an aromatic ring is 1. The number of anilines is 1. The number of nitrogens with one attached hydrogen (secondary N) is 1. The molecule has 0 spiro atoms. The van der Waals surface area contributed by atoms with Crippen molar-refractivity contribution in [2.24, 2.45) is 5.73 Å². The van der Waals surface area contributed by atoms with Gasteiger partial charge in [-0.1, -0.05) is 12.1 Å². The largest absolute Gasteiger partial charge is 0.399 e. The molecule has 5 N–H and O–H groups in total. The van der Waals surface area contributed by atoms with E-state index in [0.29, 0.717) is 25.9 Å². The van der Waals surface area contributed by atoms with Gasteiger partial charge in [0.1, 0.15) is 0 Å². The lowest BCUT2D eigenvalue weighted by atomic mass is 10.1. The first-order chi connectivity index (χ1) is 7.22. The topological polar surface area (TPSA) is 81.1 Å². The molecule has 4 nitrogen and oxygen atoms in total. The Morgan fingerprint density at radius 2 is 2.20 bits per heavy atom. The normalized spacial score (nSPS) is 9.93. The van der Waals surface area contributed by atoms with Gasteiger partial charge in [0.05, 0.1) is 0 Å². The van der Waals surface area contributed by atoms with Crippen molar-refractivity contribution in [1.82, 2.24) is 5.32 Å². The molecule has 82 valence electrons. The molecule has 4 heteroatoms. The van der Waals surface area contributed by atoms with Crippen molar-refractivity contribution in [2.75, 3.05) is 18.8 Å². The number of rotatable bonds is 5. The third-order valence-corrected chi connectivity index (χ3v) is 2.06. The molecule has 0 saturated carbocycles. The van der Waals surface area contributed by atoms with E-state index in [2.05, 4.69) is 5.32 Å². The molecule has 0 bridgehead atoms. The van der Waals surface area contributed by atoms with Crippen molar-refractivity contribution in [1.29, 1.82) is 0 Å². The Bertz CT molecular complexity index is 325. The number of carbonyl (C=O) groups is 1. The van der Waals surface area contributed by atoms with Crippen molar-refractivity contribution in [3.8, 4) is 0 Å². The second-order valence-corrected chi connectivity index (χ2v) is 3.38. The fourth-order valence-electron chi connectivity index (χ4n) is 1.31. The lowest BCUT2D eigenvalue weighted by molar-refractivity contribution is -0.120. The summed E-state index contributed by atoms with van der Waals surface area (Å²) in [6.45, 7) is 1.01. The molecule has 0 unspecified atom stereocenters. The van der Waals surface area contributed by atoms with Crippen molar-refractivity contribution < 1.29 is 4.79 Å². The van der Waals surface area contributed by atoms with E-state index >= 15 is 0 Å². The minimum absolute atomic E-state index is 0.0304. The van der Waals surface area contributed by atoms with Crippen LogP contribution in [0.3, 0.4) is 0 Å². The van der Waals surface area contributed by atoms with E-state index < -0.39 is 0 Å². The second-order valence-electron chi connectivity index (χ2n) is 3.38. The molecule has 1 aromatic rings. The highest BCUT2D eigenvalue weighted by atomic mass is 16.1. The molecular weight excluding hydrogens is 190 g/mol. The quantitative estimate of drug-likeness (QED) is 0.606. The summed E-state index contributed by atoms with van der Waals surface area (Å²) in [4.78, 5) is 11.3. The van der Waals surface area contributed by atoms with E-state index in [1.54, 1.807) is 0 Å². The number of hydrogen-bond donors (Lipinski definition) is 3. The molecule has 1 amide bonds. The number of benzene rings is 1. The van der Waals surface area contributed by atoms with Crippen molar-refractivity contribution in [3.05, 3.63) is 29.8 Å². The molecular formula is C11H17N3O. The first-order valence-corrected chi connectivity index (χ1v) is 5.03. The van der Waals surface area contributed by atoms with Gasteiger partial charge in [0.2, 0.25) is 5.91 Å². The minimum Gasteiger partial charge on any atom is -0.399 e. The lowest BCUT2D eigenvalue weighted by Crippen LogP contribution is -2.29. The third-order valence-electron chi connectivity index (χ3n) is 2.06. The Balaban J connectivity index is 2.33. The van der Waals surface area contributed by atoms with Crippen LogP contribution >= 0.6 is 0 Å². The highest BCUT2D eigenvalue weighted by Gasteiger charge is 2.01. The zero-order chi connectivity index (χ0) is 11.1. The summed E-state index contributed by atoms with van der Waals surface area (Å²) in [7, 11) is 0. The van der Waals surface area contributed by atoms with Crippen LogP contribution in [-0.2, 0) is 11.2 Å². The number of amides is 1. The molecule has 1 rings (SSSR count). The van der Waals surface area contributed by atoms with Crippen LogP contribution in [-0.4, -0.2) is 19.0 Å². The van der Waals surface area contributed by atoms with Gasteiger partial charge in [0.15, 0.2) is 0 Å².